The van der Waals surface area contributed by atoms with Crippen LogP contribution in [0.3, 0.4) is 0 Å². The van der Waals surface area contributed by atoms with Crippen LogP contribution in [0, 0.1) is 17.8 Å². The van der Waals surface area contributed by atoms with E-state index in [2.05, 4.69) is 35.5 Å². The van der Waals surface area contributed by atoms with Crippen molar-refractivity contribution in [2.75, 3.05) is 6.61 Å². The summed E-state index contributed by atoms with van der Waals surface area (Å²) in [6.45, 7) is 0.740. The third-order valence-electron chi connectivity index (χ3n) is 4.33. The van der Waals surface area contributed by atoms with Crippen molar-refractivity contribution in [1.82, 2.24) is 0 Å². The highest BCUT2D eigenvalue weighted by molar-refractivity contribution is 5.65. The van der Waals surface area contributed by atoms with Crippen molar-refractivity contribution in [2.24, 2.45) is 22.7 Å². The number of hydrogen-bond acceptors (Lipinski definition) is 3. The highest BCUT2D eigenvalue weighted by Crippen LogP contribution is 2.48. The SMILES string of the molecule is C1=CC2N=CC3COC4(C=COC=C4)C3C2C=C1. The van der Waals surface area contributed by atoms with Gasteiger partial charge in [-0.05, 0) is 12.2 Å². The first-order valence-electron chi connectivity index (χ1n) is 6.42. The van der Waals surface area contributed by atoms with Gasteiger partial charge in [-0.3, -0.25) is 4.99 Å². The molecule has 1 fully saturated rings. The van der Waals surface area contributed by atoms with E-state index in [1.165, 1.54) is 0 Å². The first-order chi connectivity index (χ1) is 8.89. The number of nitrogens with zero attached hydrogens (tertiary/aromatic N) is 1. The van der Waals surface area contributed by atoms with Gasteiger partial charge in [-0.2, -0.15) is 0 Å². The molecule has 4 atom stereocenters. The molecule has 1 spiro atoms. The Morgan fingerprint density at radius 2 is 1.94 bits per heavy atom. The zero-order valence-corrected chi connectivity index (χ0v) is 9.98. The van der Waals surface area contributed by atoms with Crippen LogP contribution in [0.5, 0.6) is 0 Å². The van der Waals surface area contributed by atoms with Crippen LogP contribution >= 0.6 is 0 Å². The Bertz CT molecular complexity index is 489. The van der Waals surface area contributed by atoms with Gasteiger partial charge >= 0.3 is 0 Å². The number of rotatable bonds is 0. The van der Waals surface area contributed by atoms with Gasteiger partial charge in [-0.25, -0.2) is 0 Å². The lowest BCUT2D eigenvalue weighted by molar-refractivity contribution is 0.0429. The van der Waals surface area contributed by atoms with E-state index in [0.29, 0.717) is 17.8 Å². The van der Waals surface area contributed by atoms with Crippen molar-refractivity contribution >= 4 is 6.21 Å². The molecular formula is C15H15NO2. The van der Waals surface area contributed by atoms with Gasteiger partial charge in [0.05, 0.1) is 25.2 Å². The molecule has 18 heavy (non-hydrogen) atoms. The largest absolute Gasteiger partial charge is 0.473 e. The molecule has 92 valence electrons. The first kappa shape index (κ1) is 10.3. The molecule has 4 rings (SSSR count). The Hall–Kier alpha value is -1.61. The molecule has 4 unspecified atom stereocenters. The molecule has 0 aromatic rings. The van der Waals surface area contributed by atoms with Crippen LogP contribution in [0.15, 0.2) is 54.0 Å². The third kappa shape index (κ3) is 1.31. The first-order valence-corrected chi connectivity index (χ1v) is 6.42. The lowest BCUT2D eigenvalue weighted by Gasteiger charge is -2.40. The standard InChI is InChI=1S/C15H15NO2/c1-2-4-13-12(3-1)14-11(9-16-13)10-18-15(14)5-7-17-8-6-15/h1-9,11-14H,10H2. The Kier molecular flexibility index (Phi) is 2.12. The van der Waals surface area contributed by atoms with Crippen molar-refractivity contribution in [1.29, 1.82) is 0 Å². The van der Waals surface area contributed by atoms with Gasteiger partial charge in [-0.15, -0.1) is 0 Å². The van der Waals surface area contributed by atoms with E-state index in [1.807, 2.05) is 12.2 Å². The summed E-state index contributed by atoms with van der Waals surface area (Å²) in [6.07, 6.45) is 18.3. The van der Waals surface area contributed by atoms with Crippen LogP contribution in [0.4, 0.5) is 0 Å². The van der Waals surface area contributed by atoms with E-state index >= 15 is 0 Å². The quantitative estimate of drug-likeness (QED) is 0.651. The van der Waals surface area contributed by atoms with Gasteiger partial charge in [0.15, 0.2) is 0 Å². The topological polar surface area (TPSA) is 30.8 Å². The smallest absolute Gasteiger partial charge is 0.115 e. The zero-order valence-electron chi connectivity index (χ0n) is 9.98. The molecule has 3 aliphatic heterocycles. The fourth-order valence-electron chi connectivity index (χ4n) is 3.51. The summed E-state index contributed by atoms with van der Waals surface area (Å²) in [4.78, 5) is 4.65. The summed E-state index contributed by atoms with van der Waals surface area (Å²) in [5.41, 5.74) is -0.312. The molecule has 1 saturated heterocycles. The molecule has 3 heterocycles. The predicted octanol–water partition coefficient (Wildman–Crippen LogP) is 2.24. The second-order valence-electron chi connectivity index (χ2n) is 5.23. The highest BCUT2D eigenvalue weighted by atomic mass is 16.5. The lowest BCUT2D eigenvalue weighted by atomic mass is 9.68. The average Bonchev–Trinajstić information content (AvgIpc) is 2.79. The maximum Gasteiger partial charge on any atom is 0.115 e. The van der Waals surface area contributed by atoms with Gasteiger partial charge < -0.3 is 9.47 Å². The van der Waals surface area contributed by atoms with Gasteiger partial charge in [0, 0.05) is 24.0 Å². The molecule has 0 radical (unpaired) electrons. The van der Waals surface area contributed by atoms with E-state index in [-0.39, 0.29) is 11.6 Å². The minimum atomic E-state index is -0.312. The van der Waals surface area contributed by atoms with Crippen molar-refractivity contribution in [3.05, 3.63) is 49.0 Å². The molecule has 4 aliphatic rings. The van der Waals surface area contributed by atoms with Crippen LogP contribution in [0.25, 0.3) is 0 Å². The molecule has 1 aliphatic carbocycles. The predicted molar refractivity (Wildman–Crippen MR) is 69.1 cm³/mol. The van der Waals surface area contributed by atoms with E-state index in [4.69, 9.17) is 9.47 Å². The molecule has 0 aromatic carbocycles. The van der Waals surface area contributed by atoms with Crippen LogP contribution in [-0.2, 0) is 9.47 Å². The molecule has 0 N–H and O–H groups in total. The molecular weight excluding hydrogens is 226 g/mol. The van der Waals surface area contributed by atoms with Gasteiger partial charge in [0.25, 0.3) is 0 Å². The fourth-order valence-corrected chi connectivity index (χ4v) is 3.51. The number of fused-ring (bicyclic) bond motifs is 4. The second-order valence-corrected chi connectivity index (χ2v) is 5.23. The number of allylic oxidation sites excluding steroid dienone is 2. The summed E-state index contributed by atoms with van der Waals surface area (Å²) in [5, 5.41) is 0. The zero-order chi connectivity index (χ0) is 12.0. The number of hydrogen-bond donors (Lipinski definition) is 0. The maximum atomic E-state index is 6.07. The van der Waals surface area contributed by atoms with E-state index in [9.17, 15) is 0 Å². The minimum Gasteiger partial charge on any atom is -0.473 e. The van der Waals surface area contributed by atoms with Crippen molar-refractivity contribution in [3.63, 3.8) is 0 Å². The summed E-state index contributed by atoms with van der Waals surface area (Å²) < 4.78 is 11.2. The Morgan fingerprint density at radius 3 is 2.83 bits per heavy atom. The number of ether oxygens (including phenoxy) is 2. The fraction of sp³-hybridized carbons (Fsp3) is 0.400. The second kappa shape index (κ2) is 3.69. The minimum absolute atomic E-state index is 0.263. The molecule has 0 bridgehead atoms. The third-order valence-corrected chi connectivity index (χ3v) is 4.33. The summed E-state index contributed by atoms with van der Waals surface area (Å²) in [7, 11) is 0. The van der Waals surface area contributed by atoms with Crippen LogP contribution in [-0.4, -0.2) is 24.5 Å². The molecule has 0 amide bonds. The molecule has 3 nitrogen and oxygen atoms in total. The average molecular weight is 241 g/mol. The highest BCUT2D eigenvalue weighted by Gasteiger charge is 2.53. The van der Waals surface area contributed by atoms with Crippen LogP contribution in [0.1, 0.15) is 0 Å². The monoisotopic (exact) mass is 241 g/mol. The molecule has 0 aromatic heterocycles. The van der Waals surface area contributed by atoms with Gasteiger partial charge in [0.2, 0.25) is 0 Å². The van der Waals surface area contributed by atoms with Gasteiger partial charge in [-0.1, -0.05) is 24.3 Å². The Morgan fingerprint density at radius 1 is 1.11 bits per heavy atom. The van der Waals surface area contributed by atoms with Crippen LogP contribution < -0.4 is 0 Å². The molecule has 0 saturated carbocycles. The summed E-state index contributed by atoms with van der Waals surface area (Å²) in [6, 6.07) is 0.263. The van der Waals surface area contributed by atoms with Crippen molar-refractivity contribution in [3.8, 4) is 0 Å². The molecule has 3 heteroatoms. The van der Waals surface area contributed by atoms with Crippen LogP contribution in [0.2, 0.25) is 0 Å². The lowest BCUT2D eigenvalue weighted by Crippen LogP contribution is -2.44. The van der Waals surface area contributed by atoms with E-state index in [0.717, 1.165) is 6.61 Å². The number of aliphatic imine (C=N–C) groups is 1. The van der Waals surface area contributed by atoms with E-state index in [1.54, 1.807) is 12.5 Å². The maximum absolute atomic E-state index is 6.07. The van der Waals surface area contributed by atoms with Gasteiger partial charge in [0.1, 0.15) is 5.60 Å². The normalized spacial score (nSPS) is 41.8. The Balaban J connectivity index is 1.78. The summed E-state index contributed by atoms with van der Waals surface area (Å²) in [5.74, 6) is 1.23. The summed E-state index contributed by atoms with van der Waals surface area (Å²) >= 11 is 0. The van der Waals surface area contributed by atoms with E-state index < -0.39 is 0 Å². The van der Waals surface area contributed by atoms with Crippen molar-refractivity contribution in [2.45, 2.75) is 11.6 Å². The van der Waals surface area contributed by atoms with Crippen molar-refractivity contribution < 1.29 is 9.47 Å². The Labute approximate surface area is 106 Å².